The molecule has 0 aromatic rings. The van der Waals surface area contributed by atoms with Crippen molar-refractivity contribution in [3.8, 4) is 0 Å². The SMILES string of the molecule is CC(C)CCCC(C)C.OP(O)(O)=S.OP(O)(O)=S.[Zn]. The van der Waals surface area contributed by atoms with Gasteiger partial charge >= 0.3 is 13.4 Å². The average Bonchev–Trinajstić information content (AvgIpc) is 1.94. The smallest absolute Gasteiger partial charge is 0.319 e. The molecule has 0 aliphatic heterocycles. The second-order valence-electron chi connectivity index (χ2n) is 4.75. The third kappa shape index (κ3) is 116. The van der Waals surface area contributed by atoms with E-state index in [0.717, 1.165) is 11.8 Å². The molecule has 0 aliphatic carbocycles. The third-order valence-corrected chi connectivity index (χ3v) is 1.56. The van der Waals surface area contributed by atoms with Crippen molar-refractivity contribution in [2.24, 2.45) is 11.8 Å². The molecule has 0 unspecified atom stereocenters. The molecule has 20 heavy (non-hydrogen) atoms. The van der Waals surface area contributed by atoms with Crippen LogP contribution in [0.5, 0.6) is 0 Å². The summed E-state index contributed by atoms with van der Waals surface area (Å²) in [6, 6.07) is 0. The second kappa shape index (κ2) is 15.6. The summed E-state index contributed by atoms with van der Waals surface area (Å²) < 4.78 is 0. The van der Waals surface area contributed by atoms with E-state index in [4.69, 9.17) is 29.4 Å². The van der Waals surface area contributed by atoms with Crippen LogP contribution in [0.1, 0.15) is 47.0 Å². The maximum Gasteiger partial charge on any atom is 0.319 e. The first-order chi connectivity index (χ1) is 8.13. The summed E-state index contributed by atoms with van der Waals surface area (Å²) in [5.41, 5.74) is 0. The van der Waals surface area contributed by atoms with Crippen LogP contribution in [0.4, 0.5) is 0 Å². The second-order valence-corrected chi connectivity index (χ2v) is 9.74. The summed E-state index contributed by atoms with van der Waals surface area (Å²) in [7, 11) is 0. The third-order valence-electron chi connectivity index (χ3n) is 1.56. The van der Waals surface area contributed by atoms with Gasteiger partial charge in [0, 0.05) is 19.5 Å². The van der Waals surface area contributed by atoms with E-state index >= 15 is 0 Å². The van der Waals surface area contributed by atoms with Gasteiger partial charge in [0.15, 0.2) is 0 Å². The molecular formula is C9H26O6P2S2Zn. The van der Waals surface area contributed by atoms with Crippen molar-refractivity contribution in [2.75, 3.05) is 0 Å². The maximum absolute atomic E-state index is 7.56. The minimum atomic E-state index is -3.81. The molecule has 6 nitrogen and oxygen atoms in total. The summed E-state index contributed by atoms with van der Waals surface area (Å²) in [5, 5.41) is 0. The van der Waals surface area contributed by atoms with E-state index in [1.165, 1.54) is 19.3 Å². The van der Waals surface area contributed by atoms with Crippen molar-refractivity contribution in [2.45, 2.75) is 47.0 Å². The fraction of sp³-hybridized carbons (Fsp3) is 1.00. The quantitative estimate of drug-likeness (QED) is 0.300. The molecule has 0 aliphatic rings. The standard InChI is InChI=1S/C9H20.2H3O3PS.Zn/c1-8(2)6-5-7-9(3)4;2*1-4(2,3)5;/h8-9H,5-7H2,1-4H3;2*(H3,1,2,3,5);. The van der Waals surface area contributed by atoms with Gasteiger partial charge in [0.25, 0.3) is 0 Å². The monoisotopic (exact) mass is 420 g/mol. The molecule has 11 heteroatoms. The van der Waals surface area contributed by atoms with Gasteiger partial charge in [-0.1, -0.05) is 47.0 Å². The normalized spacial score (nSPS) is 11.0. The van der Waals surface area contributed by atoms with Crippen molar-refractivity contribution in [1.29, 1.82) is 0 Å². The van der Waals surface area contributed by atoms with Crippen LogP contribution >= 0.6 is 13.4 Å². The van der Waals surface area contributed by atoms with Gasteiger partial charge in [0.2, 0.25) is 0 Å². The van der Waals surface area contributed by atoms with E-state index < -0.39 is 13.4 Å². The Balaban J connectivity index is -0.000000101. The maximum atomic E-state index is 7.56. The van der Waals surface area contributed by atoms with Crippen LogP contribution in [0.3, 0.4) is 0 Å². The van der Waals surface area contributed by atoms with E-state index in [0.29, 0.717) is 0 Å². The Labute approximate surface area is 144 Å². The summed E-state index contributed by atoms with van der Waals surface area (Å²) in [4.78, 5) is 45.3. The van der Waals surface area contributed by atoms with Crippen LogP contribution < -0.4 is 0 Å². The summed E-state index contributed by atoms with van der Waals surface area (Å²) in [6.45, 7) is 1.56. The molecule has 0 heterocycles. The fourth-order valence-electron chi connectivity index (χ4n) is 0.934. The van der Waals surface area contributed by atoms with Crippen LogP contribution in [0.25, 0.3) is 0 Å². The molecule has 0 fully saturated rings. The van der Waals surface area contributed by atoms with Gasteiger partial charge in [-0.15, -0.1) is 0 Å². The minimum Gasteiger partial charge on any atom is -0.325 e. The predicted octanol–water partition coefficient (Wildman–Crippen LogP) is 1.84. The zero-order chi connectivity index (χ0) is 16.3. The van der Waals surface area contributed by atoms with E-state index in [2.05, 4.69) is 51.3 Å². The fourth-order valence-corrected chi connectivity index (χ4v) is 0.934. The van der Waals surface area contributed by atoms with Crippen molar-refractivity contribution in [1.82, 2.24) is 0 Å². The molecule has 0 saturated heterocycles. The molecule has 0 amide bonds. The van der Waals surface area contributed by atoms with Crippen molar-refractivity contribution in [3.63, 3.8) is 0 Å². The van der Waals surface area contributed by atoms with Gasteiger partial charge in [-0.05, 0) is 35.4 Å². The van der Waals surface area contributed by atoms with Gasteiger partial charge in [-0.3, -0.25) is 0 Å². The topological polar surface area (TPSA) is 121 Å². The molecule has 0 saturated carbocycles. The van der Waals surface area contributed by atoms with E-state index in [9.17, 15) is 0 Å². The molecular weight excluding hydrogens is 396 g/mol. The zero-order valence-corrected chi connectivity index (χ0v) is 18.8. The van der Waals surface area contributed by atoms with E-state index in [1.54, 1.807) is 0 Å². The first-order valence-corrected chi connectivity index (χ1v) is 11.0. The molecule has 0 aromatic carbocycles. The van der Waals surface area contributed by atoms with Gasteiger partial charge in [-0.2, -0.15) is 0 Å². The van der Waals surface area contributed by atoms with Crippen LogP contribution in [0.15, 0.2) is 0 Å². The Morgan fingerprint density at radius 1 is 0.700 bits per heavy atom. The summed E-state index contributed by atoms with van der Waals surface area (Å²) >= 11 is 7.21. The van der Waals surface area contributed by atoms with Crippen LogP contribution in [-0.4, -0.2) is 29.4 Å². The molecule has 0 bridgehead atoms. The van der Waals surface area contributed by atoms with E-state index in [-0.39, 0.29) is 19.5 Å². The predicted molar refractivity (Wildman–Crippen MR) is 85.4 cm³/mol. The Kier molecular flexibility index (Phi) is 23.1. The average molecular weight is 422 g/mol. The minimum absolute atomic E-state index is 0. The van der Waals surface area contributed by atoms with Crippen LogP contribution in [-0.2, 0) is 43.1 Å². The molecule has 0 aromatic heterocycles. The molecule has 6 N–H and O–H groups in total. The Bertz CT molecular complexity index is 248. The molecule has 122 valence electrons. The first kappa shape index (κ1) is 29.7. The summed E-state index contributed by atoms with van der Waals surface area (Å²) in [5.74, 6) is 1.78. The van der Waals surface area contributed by atoms with Crippen LogP contribution in [0, 0.1) is 11.8 Å². The van der Waals surface area contributed by atoms with Crippen LogP contribution in [0.2, 0.25) is 0 Å². The largest absolute Gasteiger partial charge is 0.325 e. The Morgan fingerprint density at radius 3 is 0.950 bits per heavy atom. The van der Waals surface area contributed by atoms with Gasteiger partial charge < -0.3 is 29.4 Å². The van der Waals surface area contributed by atoms with Gasteiger partial charge in [-0.25, -0.2) is 0 Å². The molecule has 0 spiro atoms. The van der Waals surface area contributed by atoms with Crippen molar-refractivity contribution < 1.29 is 48.8 Å². The summed E-state index contributed by atoms with van der Waals surface area (Å²) in [6.07, 6.45) is 4.21. The van der Waals surface area contributed by atoms with Gasteiger partial charge in [0.1, 0.15) is 0 Å². The number of hydrogen-bond donors (Lipinski definition) is 6. The Morgan fingerprint density at radius 2 is 0.850 bits per heavy atom. The molecule has 0 radical (unpaired) electrons. The van der Waals surface area contributed by atoms with Crippen molar-refractivity contribution in [3.05, 3.63) is 0 Å². The van der Waals surface area contributed by atoms with Crippen molar-refractivity contribution >= 4 is 37.1 Å². The first-order valence-electron chi connectivity index (χ1n) is 5.69. The number of hydrogen-bond acceptors (Lipinski definition) is 2. The Hall–Kier alpha value is 1.68. The molecule has 0 atom stereocenters. The van der Waals surface area contributed by atoms with Gasteiger partial charge in [0.05, 0.1) is 0 Å². The zero-order valence-electron chi connectivity index (χ0n) is 12.4. The number of rotatable bonds is 4. The van der Waals surface area contributed by atoms with E-state index in [1.807, 2.05) is 0 Å². The molecule has 0 rings (SSSR count).